The minimum absolute atomic E-state index is 0.00680. The molecule has 7 nitrogen and oxygen atoms in total. The number of carbonyl (C=O) groups excluding carboxylic acids is 1. The van der Waals surface area contributed by atoms with E-state index in [1.165, 1.54) is 0 Å². The molecule has 3 unspecified atom stereocenters. The highest BCUT2D eigenvalue weighted by molar-refractivity contribution is 7.91. The summed E-state index contributed by atoms with van der Waals surface area (Å²) in [4.78, 5) is 13.0. The summed E-state index contributed by atoms with van der Waals surface area (Å²) >= 11 is 0. The van der Waals surface area contributed by atoms with E-state index < -0.39 is 9.84 Å². The van der Waals surface area contributed by atoms with Crippen LogP contribution in [0, 0.1) is 5.92 Å². The third-order valence-electron chi connectivity index (χ3n) is 7.24. The van der Waals surface area contributed by atoms with Gasteiger partial charge < -0.3 is 20.4 Å². The summed E-state index contributed by atoms with van der Waals surface area (Å²) < 4.78 is 32.8. The van der Waals surface area contributed by atoms with E-state index in [0.717, 1.165) is 42.3 Å². The number of hydrogen-bond donors (Lipinski definition) is 3. The maximum atomic E-state index is 13.5. The van der Waals surface area contributed by atoms with Crippen LogP contribution in [0.5, 0.6) is 0 Å². The lowest BCUT2D eigenvalue weighted by Crippen LogP contribution is -2.45. The Kier molecular flexibility index (Phi) is 5.59. The molecule has 3 aromatic carbocycles. The summed E-state index contributed by atoms with van der Waals surface area (Å²) in [6.45, 7) is 2.30. The van der Waals surface area contributed by atoms with Crippen LogP contribution in [-0.2, 0) is 21.2 Å². The average Bonchev–Trinajstić information content (AvgIpc) is 3.49. The predicted molar refractivity (Wildman–Crippen MR) is 134 cm³/mol. The molecule has 1 aromatic heterocycles. The lowest BCUT2D eigenvalue weighted by molar-refractivity contribution is -0.123. The van der Waals surface area contributed by atoms with E-state index in [4.69, 9.17) is 4.42 Å². The molecule has 2 saturated heterocycles. The van der Waals surface area contributed by atoms with Gasteiger partial charge in [0.1, 0.15) is 10.5 Å². The highest BCUT2D eigenvalue weighted by Gasteiger charge is 2.38. The van der Waals surface area contributed by atoms with Crippen molar-refractivity contribution in [2.75, 3.05) is 13.1 Å². The molecule has 35 heavy (non-hydrogen) atoms. The summed E-state index contributed by atoms with van der Waals surface area (Å²) in [5, 5.41) is 11.5. The monoisotopic (exact) mass is 489 g/mol. The van der Waals surface area contributed by atoms with Crippen molar-refractivity contribution in [3.05, 3.63) is 72.3 Å². The van der Waals surface area contributed by atoms with Crippen molar-refractivity contribution < 1.29 is 17.6 Å². The van der Waals surface area contributed by atoms with Crippen molar-refractivity contribution in [3.8, 4) is 0 Å². The van der Waals surface area contributed by atoms with Crippen LogP contribution in [0.15, 0.2) is 80.9 Å². The highest BCUT2D eigenvalue weighted by atomic mass is 32.2. The molecule has 180 valence electrons. The zero-order chi connectivity index (χ0) is 24.0. The minimum atomic E-state index is -3.78. The van der Waals surface area contributed by atoms with Gasteiger partial charge in [-0.1, -0.05) is 42.5 Å². The molecule has 0 saturated carbocycles. The van der Waals surface area contributed by atoms with Gasteiger partial charge in [-0.05, 0) is 61.7 Å². The largest absolute Gasteiger partial charge is 0.455 e. The lowest BCUT2D eigenvalue weighted by Gasteiger charge is -2.25. The number of carbonyl (C=O) groups is 1. The molecule has 4 aromatic rings. The zero-order valence-electron chi connectivity index (χ0n) is 19.2. The first-order valence-corrected chi connectivity index (χ1v) is 13.5. The molecule has 2 aliphatic heterocycles. The van der Waals surface area contributed by atoms with E-state index in [9.17, 15) is 13.2 Å². The fraction of sp³-hybridized carbons (Fsp3) is 0.296. The summed E-state index contributed by atoms with van der Waals surface area (Å²) in [7, 11) is -3.78. The number of sulfone groups is 1. The smallest absolute Gasteiger partial charge is 0.237 e. The Morgan fingerprint density at radius 1 is 1.00 bits per heavy atom. The molecule has 1 amide bonds. The molecule has 0 spiro atoms. The van der Waals surface area contributed by atoms with Crippen LogP contribution >= 0.6 is 0 Å². The van der Waals surface area contributed by atoms with E-state index in [2.05, 4.69) is 16.0 Å². The van der Waals surface area contributed by atoms with Gasteiger partial charge in [0, 0.05) is 23.4 Å². The SMILES string of the molecule is O=C(NCc1ccc(S(=O)(=O)c2cccc3c2oc2ccccc23)cc1)C1CC2CNCCC2N1. The number of hydrogen-bond acceptors (Lipinski definition) is 6. The zero-order valence-corrected chi connectivity index (χ0v) is 20.0. The standard InChI is InChI=1S/C27H27N3O4S/c31-27(23-14-18-16-28-13-12-22(18)30-23)29-15-17-8-10-19(11-9-17)35(32,33)25-7-3-5-21-20-4-1-2-6-24(20)34-26(21)25/h1-11,18,22-23,28,30H,12-16H2,(H,29,31). The van der Waals surface area contributed by atoms with Crippen molar-refractivity contribution >= 4 is 37.7 Å². The van der Waals surface area contributed by atoms with Crippen molar-refractivity contribution in [2.45, 2.75) is 41.3 Å². The molecule has 3 atom stereocenters. The topological polar surface area (TPSA) is 100 Å². The number of piperidine rings is 1. The Bertz CT molecular complexity index is 1500. The number of amides is 1. The number of fused-ring (bicyclic) bond motifs is 4. The second kappa shape index (κ2) is 8.78. The summed E-state index contributed by atoms with van der Waals surface area (Å²) in [5.74, 6) is 0.493. The maximum Gasteiger partial charge on any atom is 0.237 e. The van der Waals surface area contributed by atoms with E-state index in [0.29, 0.717) is 29.7 Å². The number of rotatable bonds is 5. The normalized spacial score (nSPS) is 22.3. The average molecular weight is 490 g/mol. The van der Waals surface area contributed by atoms with E-state index >= 15 is 0 Å². The second-order valence-corrected chi connectivity index (χ2v) is 11.3. The first-order valence-electron chi connectivity index (χ1n) is 12.0. The van der Waals surface area contributed by atoms with Crippen LogP contribution in [0.4, 0.5) is 0 Å². The molecular formula is C27H27N3O4S. The van der Waals surface area contributed by atoms with Crippen LogP contribution in [0.2, 0.25) is 0 Å². The van der Waals surface area contributed by atoms with Crippen LogP contribution < -0.4 is 16.0 Å². The molecule has 6 rings (SSSR count). The first kappa shape index (κ1) is 22.3. The predicted octanol–water partition coefficient (Wildman–Crippen LogP) is 3.38. The highest BCUT2D eigenvalue weighted by Crippen LogP contribution is 2.35. The molecule has 2 fully saturated rings. The van der Waals surface area contributed by atoms with Crippen molar-refractivity contribution in [1.82, 2.24) is 16.0 Å². The number of nitrogens with one attached hydrogen (secondary N) is 3. The minimum Gasteiger partial charge on any atom is -0.455 e. The molecule has 0 bridgehead atoms. The Hall–Kier alpha value is -3.20. The number of benzene rings is 3. The molecular weight excluding hydrogens is 462 g/mol. The fourth-order valence-corrected chi connectivity index (χ4v) is 6.76. The van der Waals surface area contributed by atoms with Crippen LogP contribution in [-0.4, -0.2) is 39.5 Å². The Labute approximate surface area is 203 Å². The molecule has 3 N–H and O–H groups in total. The van der Waals surface area contributed by atoms with Gasteiger partial charge in [-0.15, -0.1) is 0 Å². The van der Waals surface area contributed by atoms with Crippen molar-refractivity contribution in [3.63, 3.8) is 0 Å². The van der Waals surface area contributed by atoms with E-state index in [-0.39, 0.29) is 21.7 Å². The van der Waals surface area contributed by atoms with Gasteiger partial charge in [0.05, 0.1) is 10.9 Å². The van der Waals surface area contributed by atoms with E-state index in [1.807, 2.05) is 30.3 Å². The third kappa shape index (κ3) is 4.01. The van der Waals surface area contributed by atoms with Crippen LogP contribution in [0.1, 0.15) is 18.4 Å². The lowest BCUT2D eigenvalue weighted by atomic mass is 9.94. The van der Waals surface area contributed by atoms with Crippen molar-refractivity contribution in [1.29, 1.82) is 0 Å². The molecule has 8 heteroatoms. The molecule has 3 heterocycles. The molecule has 2 aliphatic rings. The van der Waals surface area contributed by atoms with E-state index in [1.54, 1.807) is 36.4 Å². The van der Waals surface area contributed by atoms with Crippen molar-refractivity contribution in [2.24, 2.45) is 5.92 Å². The van der Waals surface area contributed by atoms with Crippen LogP contribution in [0.25, 0.3) is 21.9 Å². The van der Waals surface area contributed by atoms with Gasteiger partial charge in [-0.25, -0.2) is 8.42 Å². The number of para-hydroxylation sites is 2. The summed E-state index contributed by atoms with van der Waals surface area (Å²) in [5.41, 5.74) is 1.87. The molecule has 0 aliphatic carbocycles. The first-order chi connectivity index (χ1) is 17.0. The van der Waals surface area contributed by atoms with Gasteiger partial charge in [0.2, 0.25) is 15.7 Å². The Balaban J connectivity index is 1.18. The van der Waals surface area contributed by atoms with Gasteiger partial charge in [-0.2, -0.15) is 0 Å². The quantitative estimate of drug-likeness (QED) is 0.397. The van der Waals surface area contributed by atoms with Crippen LogP contribution in [0.3, 0.4) is 0 Å². The van der Waals surface area contributed by atoms with Gasteiger partial charge >= 0.3 is 0 Å². The summed E-state index contributed by atoms with van der Waals surface area (Å²) in [6, 6.07) is 19.6. The molecule has 0 radical (unpaired) electrons. The Morgan fingerprint density at radius 2 is 1.80 bits per heavy atom. The second-order valence-electron chi connectivity index (χ2n) is 9.41. The van der Waals surface area contributed by atoms with Gasteiger partial charge in [0.15, 0.2) is 5.58 Å². The Morgan fingerprint density at radius 3 is 2.63 bits per heavy atom. The third-order valence-corrected chi connectivity index (χ3v) is 9.03. The maximum absolute atomic E-state index is 13.5. The fourth-order valence-electron chi connectivity index (χ4n) is 5.36. The summed E-state index contributed by atoms with van der Waals surface area (Å²) in [6.07, 6.45) is 1.89. The number of furan rings is 1. The van der Waals surface area contributed by atoms with Gasteiger partial charge in [-0.3, -0.25) is 4.79 Å². The van der Waals surface area contributed by atoms with Gasteiger partial charge in [0.25, 0.3) is 0 Å².